The molecule has 1 aliphatic rings. The highest BCUT2D eigenvalue weighted by Gasteiger charge is 2.19. The predicted molar refractivity (Wildman–Crippen MR) is 92.2 cm³/mol. The van der Waals surface area contributed by atoms with Gasteiger partial charge in [0.1, 0.15) is 11.5 Å². The molecule has 1 aliphatic heterocycles. The summed E-state index contributed by atoms with van der Waals surface area (Å²) in [6.07, 6.45) is 7.77. The molecule has 7 nitrogen and oxygen atoms in total. The minimum atomic E-state index is 0.655. The van der Waals surface area contributed by atoms with Crippen molar-refractivity contribution in [3.8, 4) is 17.2 Å². The van der Waals surface area contributed by atoms with Crippen LogP contribution in [0.2, 0.25) is 0 Å². The van der Waals surface area contributed by atoms with Crippen molar-refractivity contribution in [3.05, 3.63) is 66.6 Å². The highest BCUT2D eigenvalue weighted by atomic mass is 15.3. The second kappa shape index (κ2) is 5.70. The molecule has 0 aliphatic carbocycles. The van der Waals surface area contributed by atoms with Gasteiger partial charge in [-0.1, -0.05) is 18.2 Å². The fourth-order valence-corrected chi connectivity index (χ4v) is 3.40. The molecule has 0 saturated heterocycles. The number of nitrogens with zero attached hydrogens (tertiary/aromatic N) is 7. The SMILES string of the molecule is c1ccc(-n2nccc2-c2nccn2Cc2nnc3n2CCC3)cc1. The summed E-state index contributed by atoms with van der Waals surface area (Å²) in [4.78, 5) is 4.56. The lowest BCUT2D eigenvalue weighted by atomic mass is 10.3. The van der Waals surface area contributed by atoms with E-state index in [1.165, 1.54) is 0 Å². The van der Waals surface area contributed by atoms with Gasteiger partial charge in [-0.15, -0.1) is 10.2 Å². The third-order valence-electron chi connectivity index (χ3n) is 4.59. The molecule has 0 N–H and O–H groups in total. The van der Waals surface area contributed by atoms with Gasteiger partial charge in [0.25, 0.3) is 0 Å². The van der Waals surface area contributed by atoms with Crippen LogP contribution in [0.3, 0.4) is 0 Å². The molecule has 0 unspecified atom stereocenters. The average Bonchev–Trinajstić information content (AvgIpc) is 3.42. The van der Waals surface area contributed by atoms with E-state index in [0.717, 1.165) is 48.2 Å². The number of rotatable bonds is 4. The first kappa shape index (κ1) is 14.2. The topological polar surface area (TPSA) is 66.3 Å². The molecule has 1 aromatic carbocycles. The first-order valence-electron chi connectivity index (χ1n) is 8.42. The Hall–Kier alpha value is -3.22. The molecule has 3 aromatic heterocycles. The van der Waals surface area contributed by atoms with E-state index in [4.69, 9.17) is 0 Å². The first-order valence-corrected chi connectivity index (χ1v) is 8.42. The molecule has 4 heterocycles. The fraction of sp³-hybridized carbons (Fsp3) is 0.222. The Morgan fingerprint density at radius 1 is 1.00 bits per heavy atom. The van der Waals surface area contributed by atoms with Gasteiger partial charge in [-0.25, -0.2) is 9.67 Å². The van der Waals surface area contributed by atoms with E-state index < -0.39 is 0 Å². The van der Waals surface area contributed by atoms with Gasteiger partial charge in [-0.05, 0) is 24.6 Å². The minimum Gasteiger partial charge on any atom is -0.322 e. The zero-order valence-corrected chi connectivity index (χ0v) is 13.7. The number of aryl methyl sites for hydroxylation is 1. The molecule has 0 bridgehead atoms. The van der Waals surface area contributed by atoms with Crippen LogP contribution >= 0.6 is 0 Å². The zero-order chi connectivity index (χ0) is 16.6. The number of hydrogen-bond acceptors (Lipinski definition) is 4. The van der Waals surface area contributed by atoms with E-state index in [9.17, 15) is 0 Å². The van der Waals surface area contributed by atoms with Crippen LogP contribution in [0.25, 0.3) is 17.2 Å². The van der Waals surface area contributed by atoms with Gasteiger partial charge < -0.3 is 9.13 Å². The van der Waals surface area contributed by atoms with Crippen molar-refractivity contribution in [1.29, 1.82) is 0 Å². The molecule has 0 atom stereocenters. The van der Waals surface area contributed by atoms with Crippen LogP contribution in [0.5, 0.6) is 0 Å². The number of aromatic nitrogens is 7. The fourth-order valence-electron chi connectivity index (χ4n) is 3.40. The molecule has 4 aromatic rings. The standard InChI is InChI=1S/C18H17N7/c1-2-5-14(6-3-1)25-15(8-9-20-25)18-19-10-12-23(18)13-17-22-21-16-7-4-11-24(16)17/h1-3,5-6,8-10,12H,4,7,11,13H2. The lowest BCUT2D eigenvalue weighted by molar-refractivity contribution is 0.647. The number of para-hydroxylation sites is 1. The molecule has 0 fully saturated rings. The molecule has 5 rings (SSSR count). The summed E-state index contributed by atoms with van der Waals surface area (Å²) in [5, 5.41) is 13.1. The highest BCUT2D eigenvalue weighted by Crippen LogP contribution is 2.22. The molecule has 0 saturated carbocycles. The molecule has 0 spiro atoms. The van der Waals surface area contributed by atoms with Crippen LogP contribution in [0, 0.1) is 0 Å². The van der Waals surface area contributed by atoms with Gasteiger partial charge in [0.15, 0.2) is 11.6 Å². The van der Waals surface area contributed by atoms with Gasteiger partial charge in [0, 0.05) is 25.4 Å². The Bertz CT molecular complexity index is 1010. The highest BCUT2D eigenvalue weighted by molar-refractivity contribution is 5.54. The van der Waals surface area contributed by atoms with E-state index in [1.54, 1.807) is 6.20 Å². The minimum absolute atomic E-state index is 0.655. The van der Waals surface area contributed by atoms with Crippen molar-refractivity contribution in [2.24, 2.45) is 0 Å². The number of hydrogen-bond donors (Lipinski definition) is 0. The van der Waals surface area contributed by atoms with Crippen LogP contribution in [0.1, 0.15) is 18.1 Å². The normalized spacial score (nSPS) is 13.3. The first-order chi connectivity index (χ1) is 12.4. The Labute approximate surface area is 144 Å². The maximum absolute atomic E-state index is 4.56. The molecule has 7 heteroatoms. The molecule has 0 radical (unpaired) electrons. The average molecular weight is 331 g/mol. The molecule has 25 heavy (non-hydrogen) atoms. The molecule has 124 valence electrons. The maximum Gasteiger partial charge on any atom is 0.159 e. The second-order valence-electron chi connectivity index (χ2n) is 6.13. The van der Waals surface area contributed by atoms with Crippen LogP contribution in [0.4, 0.5) is 0 Å². The monoisotopic (exact) mass is 331 g/mol. The Balaban J connectivity index is 1.53. The summed E-state index contributed by atoms with van der Waals surface area (Å²) in [5.74, 6) is 2.94. The third kappa shape index (κ3) is 2.36. The van der Waals surface area contributed by atoms with Crippen molar-refractivity contribution in [2.75, 3.05) is 0 Å². The Morgan fingerprint density at radius 3 is 2.84 bits per heavy atom. The van der Waals surface area contributed by atoms with Gasteiger partial charge in [0.05, 0.1) is 18.4 Å². The van der Waals surface area contributed by atoms with E-state index in [1.807, 2.05) is 53.5 Å². The maximum atomic E-state index is 4.56. The molecular formula is C18H17N7. The summed E-state index contributed by atoms with van der Waals surface area (Å²) in [6, 6.07) is 12.1. The van der Waals surface area contributed by atoms with E-state index >= 15 is 0 Å². The van der Waals surface area contributed by atoms with Crippen molar-refractivity contribution >= 4 is 0 Å². The zero-order valence-electron chi connectivity index (χ0n) is 13.7. The number of benzene rings is 1. The van der Waals surface area contributed by atoms with E-state index in [2.05, 4.69) is 29.4 Å². The largest absolute Gasteiger partial charge is 0.322 e. The summed E-state index contributed by atoms with van der Waals surface area (Å²) < 4.78 is 6.23. The van der Waals surface area contributed by atoms with Crippen LogP contribution in [-0.2, 0) is 19.5 Å². The van der Waals surface area contributed by atoms with Crippen LogP contribution < -0.4 is 0 Å². The predicted octanol–water partition coefficient (Wildman–Crippen LogP) is 2.32. The molecule has 0 amide bonds. The third-order valence-corrected chi connectivity index (χ3v) is 4.59. The van der Waals surface area contributed by atoms with Crippen molar-refractivity contribution < 1.29 is 0 Å². The van der Waals surface area contributed by atoms with Gasteiger partial charge in [0.2, 0.25) is 0 Å². The quantitative estimate of drug-likeness (QED) is 0.576. The summed E-state index contributed by atoms with van der Waals surface area (Å²) in [7, 11) is 0. The van der Waals surface area contributed by atoms with Gasteiger partial charge in [-0.3, -0.25) is 0 Å². The lowest BCUT2D eigenvalue weighted by Crippen LogP contribution is -2.10. The molecular weight excluding hydrogens is 314 g/mol. The Kier molecular flexibility index (Phi) is 3.22. The van der Waals surface area contributed by atoms with Crippen LogP contribution in [0.15, 0.2) is 55.0 Å². The van der Waals surface area contributed by atoms with Crippen molar-refractivity contribution in [2.45, 2.75) is 25.9 Å². The van der Waals surface area contributed by atoms with Crippen molar-refractivity contribution in [1.82, 2.24) is 34.1 Å². The smallest absolute Gasteiger partial charge is 0.159 e. The summed E-state index contributed by atoms with van der Waals surface area (Å²) >= 11 is 0. The number of imidazole rings is 1. The van der Waals surface area contributed by atoms with E-state index in [-0.39, 0.29) is 0 Å². The number of fused-ring (bicyclic) bond motifs is 1. The Morgan fingerprint density at radius 2 is 1.92 bits per heavy atom. The second-order valence-corrected chi connectivity index (χ2v) is 6.13. The van der Waals surface area contributed by atoms with Crippen molar-refractivity contribution in [3.63, 3.8) is 0 Å². The van der Waals surface area contributed by atoms with Gasteiger partial charge >= 0.3 is 0 Å². The van der Waals surface area contributed by atoms with Crippen LogP contribution in [-0.4, -0.2) is 34.1 Å². The lowest BCUT2D eigenvalue weighted by Gasteiger charge is -2.10. The van der Waals surface area contributed by atoms with E-state index in [0.29, 0.717) is 6.54 Å². The van der Waals surface area contributed by atoms with Gasteiger partial charge in [-0.2, -0.15) is 5.10 Å². The summed E-state index contributed by atoms with van der Waals surface area (Å²) in [6.45, 7) is 1.66. The summed E-state index contributed by atoms with van der Waals surface area (Å²) in [5.41, 5.74) is 1.97.